The van der Waals surface area contributed by atoms with E-state index in [1.54, 1.807) is 7.05 Å². The standard InChI is InChI=1S/C19H39NO5/c1-16(2,3)23-12-19(13-24-17(4,5)6,14-25-18(7,8)9)15(21)20(10)22-11/h12-14H2,1-11H3. The summed E-state index contributed by atoms with van der Waals surface area (Å²) in [6.45, 7) is 18.1. The zero-order valence-electron chi connectivity index (χ0n) is 18.1. The third-order valence-corrected chi connectivity index (χ3v) is 3.36. The fourth-order valence-corrected chi connectivity index (χ4v) is 1.79. The van der Waals surface area contributed by atoms with Gasteiger partial charge in [0.1, 0.15) is 5.41 Å². The fourth-order valence-electron chi connectivity index (χ4n) is 1.79. The van der Waals surface area contributed by atoms with Gasteiger partial charge in [-0.3, -0.25) is 9.63 Å². The molecule has 6 heteroatoms. The van der Waals surface area contributed by atoms with Crippen LogP contribution in [0.2, 0.25) is 0 Å². The van der Waals surface area contributed by atoms with E-state index < -0.39 is 5.41 Å². The minimum atomic E-state index is -1.00. The number of carbonyl (C=O) groups excluding carboxylic acids is 1. The molecule has 0 aliphatic heterocycles. The Kier molecular flexibility index (Phi) is 8.56. The van der Waals surface area contributed by atoms with E-state index in [4.69, 9.17) is 19.0 Å². The van der Waals surface area contributed by atoms with Gasteiger partial charge in [-0.1, -0.05) is 0 Å². The number of carbonyl (C=O) groups is 1. The van der Waals surface area contributed by atoms with Crippen LogP contribution in [0.25, 0.3) is 0 Å². The monoisotopic (exact) mass is 361 g/mol. The first-order chi connectivity index (χ1) is 11.0. The summed E-state index contributed by atoms with van der Waals surface area (Å²) in [5.41, 5.74) is -2.17. The van der Waals surface area contributed by atoms with Gasteiger partial charge < -0.3 is 14.2 Å². The highest BCUT2D eigenvalue weighted by atomic mass is 16.7. The predicted octanol–water partition coefficient (Wildman–Crippen LogP) is 3.44. The molecule has 0 atom stereocenters. The van der Waals surface area contributed by atoms with Gasteiger partial charge >= 0.3 is 0 Å². The molecule has 0 saturated heterocycles. The van der Waals surface area contributed by atoms with Gasteiger partial charge in [0, 0.05) is 7.05 Å². The normalized spacial score (nSPS) is 13.9. The average Bonchev–Trinajstić information content (AvgIpc) is 2.42. The van der Waals surface area contributed by atoms with E-state index in [9.17, 15) is 4.79 Å². The van der Waals surface area contributed by atoms with E-state index in [2.05, 4.69) is 0 Å². The van der Waals surface area contributed by atoms with Crippen LogP contribution in [0.5, 0.6) is 0 Å². The Morgan fingerprint density at radius 2 is 1.00 bits per heavy atom. The molecule has 0 aromatic carbocycles. The number of hydrogen-bond donors (Lipinski definition) is 0. The van der Waals surface area contributed by atoms with E-state index in [-0.39, 0.29) is 42.5 Å². The maximum absolute atomic E-state index is 13.1. The fraction of sp³-hybridized carbons (Fsp3) is 0.947. The van der Waals surface area contributed by atoms with Crippen molar-refractivity contribution in [3.8, 4) is 0 Å². The van der Waals surface area contributed by atoms with Crippen LogP contribution in [0, 0.1) is 5.41 Å². The molecule has 0 radical (unpaired) electrons. The average molecular weight is 362 g/mol. The van der Waals surface area contributed by atoms with Gasteiger partial charge in [-0.25, -0.2) is 5.06 Å². The lowest BCUT2D eigenvalue weighted by molar-refractivity contribution is -0.205. The number of ether oxygens (including phenoxy) is 3. The highest BCUT2D eigenvalue weighted by Gasteiger charge is 2.45. The molecule has 150 valence electrons. The molecule has 0 aliphatic carbocycles. The lowest BCUT2D eigenvalue weighted by Gasteiger charge is -2.39. The summed E-state index contributed by atoms with van der Waals surface area (Å²) in [6, 6.07) is 0. The quantitative estimate of drug-likeness (QED) is 0.620. The first-order valence-corrected chi connectivity index (χ1v) is 8.75. The Hall–Kier alpha value is -0.690. The number of amides is 1. The number of rotatable bonds is 8. The van der Waals surface area contributed by atoms with Crippen LogP contribution in [0.3, 0.4) is 0 Å². The second-order valence-electron chi connectivity index (χ2n) is 9.47. The van der Waals surface area contributed by atoms with Crippen LogP contribution in [-0.4, -0.2) is 61.8 Å². The van der Waals surface area contributed by atoms with E-state index in [1.165, 1.54) is 12.2 Å². The van der Waals surface area contributed by atoms with Crippen LogP contribution in [0.4, 0.5) is 0 Å². The second-order valence-corrected chi connectivity index (χ2v) is 9.47. The number of hydrogen-bond acceptors (Lipinski definition) is 5. The summed E-state index contributed by atoms with van der Waals surface area (Å²) in [5, 5.41) is 1.21. The van der Waals surface area contributed by atoms with Crippen LogP contribution in [0.15, 0.2) is 0 Å². The van der Waals surface area contributed by atoms with Gasteiger partial charge in [0.05, 0.1) is 43.7 Å². The summed E-state index contributed by atoms with van der Waals surface area (Å²) in [7, 11) is 3.05. The van der Waals surface area contributed by atoms with Gasteiger partial charge in [-0.2, -0.15) is 0 Å². The molecule has 0 saturated carbocycles. The largest absolute Gasteiger partial charge is 0.375 e. The van der Waals surface area contributed by atoms with Crippen molar-refractivity contribution in [2.24, 2.45) is 5.41 Å². The minimum absolute atomic E-state index is 0.176. The topological polar surface area (TPSA) is 57.2 Å². The van der Waals surface area contributed by atoms with Crippen molar-refractivity contribution >= 4 is 5.91 Å². The SMILES string of the molecule is CON(C)C(=O)C(COC(C)(C)C)(COC(C)(C)C)COC(C)(C)C. The summed E-state index contributed by atoms with van der Waals surface area (Å²) in [5.74, 6) is -0.229. The first kappa shape index (κ1) is 24.3. The van der Waals surface area contributed by atoms with Crippen molar-refractivity contribution in [3.63, 3.8) is 0 Å². The maximum atomic E-state index is 13.1. The molecular formula is C19H39NO5. The lowest BCUT2D eigenvalue weighted by atomic mass is 9.88. The molecule has 0 bridgehead atoms. The zero-order chi connectivity index (χ0) is 20.1. The van der Waals surface area contributed by atoms with Crippen molar-refractivity contribution in [3.05, 3.63) is 0 Å². The zero-order valence-corrected chi connectivity index (χ0v) is 18.1. The van der Waals surface area contributed by atoms with E-state index in [1.807, 2.05) is 62.3 Å². The van der Waals surface area contributed by atoms with Crippen molar-refractivity contribution in [2.75, 3.05) is 34.0 Å². The van der Waals surface area contributed by atoms with Gasteiger partial charge in [-0.05, 0) is 62.3 Å². The molecule has 25 heavy (non-hydrogen) atoms. The van der Waals surface area contributed by atoms with Gasteiger partial charge in [0.2, 0.25) is 0 Å². The summed E-state index contributed by atoms with van der Waals surface area (Å²) in [4.78, 5) is 18.2. The third kappa shape index (κ3) is 10.1. The predicted molar refractivity (Wildman–Crippen MR) is 99.3 cm³/mol. The van der Waals surface area contributed by atoms with Crippen LogP contribution in [-0.2, 0) is 23.8 Å². The molecule has 0 unspecified atom stereocenters. The summed E-state index contributed by atoms with van der Waals surface area (Å²) in [6.07, 6.45) is 0. The minimum Gasteiger partial charge on any atom is -0.375 e. The Morgan fingerprint density at radius 1 is 0.720 bits per heavy atom. The first-order valence-electron chi connectivity index (χ1n) is 8.75. The lowest BCUT2D eigenvalue weighted by Crippen LogP contribution is -2.53. The van der Waals surface area contributed by atoms with Gasteiger partial charge in [0.25, 0.3) is 5.91 Å². The number of hydroxylamine groups is 2. The highest BCUT2D eigenvalue weighted by Crippen LogP contribution is 2.29. The molecule has 0 fully saturated rings. The van der Waals surface area contributed by atoms with Gasteiger partial charge in [-0.15, -0.1) is 0 Å². The van der Waals surface area contributed by atoms with Crippen molar-refractivity contribution in [1.82, 2.24) is 5.06 Å². The van der Waals surface area contributed by atoms with Crippen LogP contribution < -0.4 is 0 Å². The Balaban J connectivity index is 5.69. The molecule has 1 amide bonds. The maximum Gasteiger partial charge on any atom is 0.259 e. The van der Waals surface area contributed by atoms with Crippen LogP contribution >= 0.6 is 0 Å². The van der Waals surface area contributed by atoms with Crippen LogP contribution in [0.1, 0.15) is 62.3 Å². The molecule has 0 aliphatic rings. The summed E-state index contributed by atoms with van der Waals surface area (Å²) < 4.78 is 17.9. The Bertz CT molecular complexity index is 369. The molecule has 0 aromatic heterocycles. The molecule has 0 aromatic rings. The molecule has 6 nitrogen and oxygen atoms in total. The second kappa shape index (κ2) is 8.80. The van der Waals surface area contributed by atoms with E-state index in [0.29, 0.717) is 0 Å². The van der Waals surface area contributed by atoms with Crippen molar-refractivity contribution in [1.29, 1.82) is 0 Å². The smallest absolute Gasteiger partial charge is 0.259 e. The third-order valence-electron chi connectivity index (χ3n) is 3.36. The van der Waals surface area contributed by atoms with Gasteiger partial charge in [0.15, 0.2) is 0 Å². The molecule has 0 spiro atoms. The Morgan fingerprint density at radius 3 is 1.20 bits per heavy atom. The van der Waals surface area contributed by atoms with E-state index >= 15 is 0 Å². The Labute approximate surface area is 154 Å². The van der Waals surface area contributed by atoms with E-state index in [0.717, 1.165) is 0 Å². The molecule has 0 rings (SSSR count). The van der Waals surface area contributed by atoms with Crippen molar-refractivity contribution < 1.29 is 23.8 Å². The molecule has 0 N–H and O–H groups in total. The molecule has 0 heterocycles. The highest BCUT2D eigenvalue weighted by molar-refractivity contribution is 5.82. The number of nitrogens with zero attached hydrogens (tertiary/aromatic N) is 1. The van der Waals surface area contributed by atoms with Crippen molar-refractivity contribution in [2.45, 2.75) is 79.1 Å². The summed E-state index contributed by atoms with van der Waals surface area (Å²) >= 11 is 0. The molecular weight excluding hydrogens is 322 g/mol.